The number of hydrogen-bond donors (Lipinski definition) is 1. The maximum absolute atomic E-state index is 13.0. The Labute approximate surface area is 209 Å². The van der Waals surface area contributed by atoms with Crippen LogP contribution in [-0.4, -0.2) is 56.5 Å². The molecule has 8 heteroatoms. The lowest BCUT2D eigenvalue weighted by atomic mass is 10.0. The average molecular weight is 484 g/mol. The Balaban J connectivity index is 1.27. The molecule has 0 radical (unpaired) electrons. The summed E-state index contributed by atoms with van der Waals surface area (Å²) in [5, 5.41) is 14.2. The van der Waals surface area contributed by atoms with Crippen LogP contribution >= 0.6 is 0 Å². The van der Waals surface area contributed by atoms with Gasteiger partial charge < -0.3 is 10.0 Å². The molecule has 2 atom stereocenters. The third-order valence-electron chi connectivity index (χ3n) is 6.86. The molecule has 0 aliphatic carbocycles. The number of aliphatic carboxylic acids is 1. The van der Waals surface area contributed by atoms with Crippen molar-refractivity contribution in [2.75, 3.05) is 31.1 Å². The fraction of sp³-hybridized carbons (Fsp3) is 0.250. The number of anilines is 1. The van der Waals surface area contributed by atoms with Gasteiger partial charge in [0.1, 0.15) is 12.4 Å². The van der Waals surface area contributed by atoms with E-state index in [1.807, 2.05) is 96.8 Å². The standard InChI is InChI=1S/C28H29N5O3/c1-21(22-8-4-2-5-9-22)33-28(36)32(20-29-33)25-14-12-24(13-15-25)30-16-18-31(19-17-30)26(27(34)35)23-10-6-3-7-11-23/h2-15,20-21,26H,16-19H2,1H3,(H,34,35)/t21-,26-/m1/s1. The van der Waals surface area contributed by atoms with Crippen LogP contribution in [0, 0.1) is 0 Å². The highest BCUT2D eigenvalue weighted by Crippen LogP contribution is 2.25. The van der Waals surface area contributed by atoms with E-state index in [-0.39, 0.29) is 11.7 Å². The Morgan fingerprint density at radius 1 is 0.806 bits per heavy atom. The molecule has 1 aliphatic heterocycles. The van der Waals surface area contributed by atoms with Gasteiger partial charge in [0.2, 0.25) is 0 Å². The lowest BCUT2D eigenvalue weighted by molar-refractivity contribution is -0.143. The Kier molecular flexibility index (Phi) is 6.69. The number of rotatable bonds is 7. The minimum absolute atomic E-state index is 0.166. The lowest BCUT2D eigenvalue weighted by Gasteiger charge is -2.39. The van der Waals surface area contributed by atoms with Gasteiger partial charge in [-0.1, -0.05) is 60.7 Å². The average Bonchev–Trinajstić information content (AvgIpc) is 3.31. The van der Waals surface area contributed by atoms with Gasteiger partial charge in [0.05, 0.1) is 11.7 Å². The number of carboxylic acid groups (broad SMARTS) is 1. The van der Waals surface area contributed by atoms with Crippen molar-refractivity contribution in [1.82, 2.24) is 19.2 Å². The van der Waals surface area contributed by atoms with Crippen LogP contribution in [-0.2, 0) is 4.79 Å². The number of piperazine rings is 1. The van der Waals surface area contributed by atoms with Crippen LogP contribution in [0.5, 0.6) is 0 Å². The van der Waals surface area contributed by atoms with Crippen molar-refractivity contribution in [1.29, 1.82) is 0 Å². The van der Waals surface area contributed by atoms with E-state index >= 15 is 0 Å². The number of hydrogen-bond acceptors (Lipinski definition) is 5. The zero-order valence-corrected chi connectivity index (χ0v) is 20.1. The van der Waals surface area contributed by atoms with Crippen molar-refractivity contribution in [3.63, 3.8) is 0 Å². The largest absolute Gasteiger partial charge is 0.480 e. The van der Waals surface area contributed by atoms with Gasteiger partial charge in [-0.15, -0.1) is 0 Å². The Morgan fingerprint density at radius 3 is 1.94 bits per heavy atom. The van der Waals surface area contributed by atoms with Crippen molar-refractivity contribution in [2.24, 2.45) is 0 Å². The summed E-state index contributed by atoms with van der Waals surface area (Å²) in [6.07, 6.45) is 1.56. The summed E-state index contributed by atoms with van der Waals surface area (Å²) in [5.74, 6) is -0.827. The first kappa shape index (κ1) is 23.6. The maximum atomic E-state index is 13.0. The second-order valence-corrected chi connectivity index (χ2v) is 9.01. The molecule has 184 valence electrons. The third-order valence-corrected chi connectivity index (χ3v) is 6.86. The number of aromatic nitrogens is 3. The quantitative estimate of drug-likeness (QED) is 0.433. The zero-order valence-electron chi connectivity index (χ0n) is 20.1. The van der Waals surface area contributed by atoms with Crippen molar-refractivity contribution in [2.45, 2.75) is 19.0 Å². The molecule has 1 aromatic heterocycles. The second-order valence-electron chi connectivity index (χ2n) is 9.01. The zero-order chi connectivity index (χ0) is 25.1. The van der Waals surface area contributed by atoms with Crippen molar-refractivity contribution >= 4 is 11.7 Å². The van der Waals surface area contributed by atoms with Gasteiger partial charge >= 0.3 is 11.7 Å². The molecule has 2 heterocycles. The van der Waals surface area contributed by atoms with E-state index in [0.29, 0.717) is 13.1 Å². The number of nitrogens with zero attached hydrogens (tertiary/aromatic N) is 5. The molecule has 0 bridgehead atoms. The monoisotopic (exact) mass is 483 g/mol. The summed E-state index contributed by atoms with van der Waals surface area (Å²) in [4.78, 5) is 29.3. The topological polar surface area (TPSA) is 83.6 Å². The molecule has 36 heavy (non-hydrogen) atoms. The molecule has 1 N–H and O–H groups in total. The molecule has 8 nitrogen and oxygen atoms in total. The SMILES string of the molecule is C[C@H](c1ccccc1)n1ncn(-c2ccc(N3CCN([C@@H](C(=O)O)c4ccccc4)CC3)cc2)c1=O. The highest BCUT2D eigenvalue weighted by Gasteiger charge is 2.30. The Hall–Kier alpha value is -4.17. The summed E-state index contributed by atoms with van der Waals surface area (Å²) in [5.41, 5.74) is 3.44. The fourth-order valence-corrected chi connectivity index (χ4v) is 4.84. The molecule has 1 fully saturated rings. The fourth-order valence-electron chi connectivity index (χ4n) is 4.84. The Morgan fingerprint density at radius 2 is 1.36 bits per heavy atom. The number of benzene rings is 3. The van der Waals surface area contributed by atoms with Crippen LogP contribution in [0.25, 0.3) is 5.69 Å². The van der Waals surface area contributed by atoms with Gasteiger partial charge in [0.15, 0.2) is 0 Å². The van der Waals surface area contributed by atoms with Crippen molar-refractivity contribution in [3.8, 4) is 5.69 Å². The second kappa shape index (κ2) is 10.2. The summed E-state index contributed by atoms with van der Waals surface area (Å²) in [6, 6.07) is 26.3. The number of carbonyl (C=O) groups is 1. The van der Waals surface area contributed by atoms with Crippen LogP contribution in [0.15, 0.2) is 96.1 Å². The van der Waals surface area contributed by atoms with Crippen LogP contribution in [0.2, 0.25) is 0 Å². The van der Waals surface area contributed by atoms with Crippen LogP contribution in [0.3, 0.4) is 0 Å². The van der Waals surface area contributed by atoms with Crippen LogP contribution < -0.4 is 10.6 Å². The molecule has 0 amide bonds. The van der Waals surface area contributed by atoms with E-state index in [4.69, 9.17) is 0 Å². The highest BCUT2D eigenvalue weighted by molar-refractivity contribution is 5.75. The van der Waals surface area contributed by atoms with Gasteiger partial charge in [0.25, 0.3) is 0 Å². The number of carboxylic acids is 1. The lowest BCUT2D eigenvalue weighted by Crippen LogP contribution is -2.49. The molecule has 4 aromatic rings. The first-order valence-corrected chi connectivity index (χ1v) is 12.1. The molecule has 5 rings (SSSR count). The van der Waals surface area contributed by atoms with E-state index in [9.17, 15) is 14.7 Å². The molecular formula is C28H29N5O3. The normalized spacial score (nSPS) is 16.0. The van der Waals surface area contributed by atoms with Crippen molar-refractivity contribution in [3.05, 3.63) is 113 Å². The molecule has 0 saturated carbocycles. The molecule has 1 saturated heterocycles. The van der Waals surface area contributed by atoms with Gasteiger partial charge in [0, 0.05) is 31.9 Å². The van der Waals surface area contributed by atoms with E-state index < -0.39 is 12.0 Å². The molecular weight excluding hydrogens is 454 g/mol. The minimum atomic E-state index is -0.827. The molecule has 0 spiro atoms. The van der Waals surface area contributed by atoms with E-state index in [2.05, 4.69) is 10.00 Å². The van der Waals surface area contributed by atoms with Gasteiger partial charge in [-0.05, 0) is 42.3 Å². The van der Waals surface area contributed by atoms with Crippen LogP contribution in [0.4, 0.5) is 5.69 Å². The Bertz CT molecular complexity index is 1360. The predicted molar refractivity (Wildman–Crippen MR) is 139 cm³/mol. The smallest absolute Gasteiger partial charge is 0.350 e. The van der Waals surface area contributed by atoms with E-state index in [0.717, 1.165) is 35.6 Å². The maximum Gasteiger partial charge on any atom is 0.350 e. The molecule has 3 aromatic carbocycles. The van der Waals surface area contributed by atoms with Crippen LogP contribution in [0.1, 0.15) is 30.1 Å². The summed E-state index contributed by atoms with van der Waals surface area (Å²) in [7, 11) is 0. The summed E-state index contributed by atoms with van der Waals surface area (Å²) >= 11 is 0. The predicted octanol–water partition coefficient (Wildman–Crippen LogP) is 3.59. The van der Waals surface area contributed by atoms with Gasteiger partial charge in [-0.25, -0.2) is 14.0 Å². The highest BCUT2D eigenvalue weighted by atomic mass is 16.4. The minimum Gasteiger partial charge on any atom is -0.480 e. The first-order chi connectivity index (χ1) is 17.5. The first-order valence-electron chi connectivity index (χ1n) is 12.1. The third kappa shape index (κ3) is 4.67. The molecule has 1 aliphatic rings. The van der Waals surface area contributed by atoms with Gasteiger partial charge in [-0.3, -0.25) is 9.69 Å². The van der Waals surface area contributed by atoms with Gasteiger partial charge in [-0.2, -0.15) is 5.10 Å². The van der Waals surface area contributed by atoms with Crippen molar-refractivity contribution < 1.29 is 9.90 Å². The molecule has 0 unspecified atom stereocenters. The summed E-state index contributed by atoms with van der Waals surface area (Å²) < 4.78 is 3.05. The van der Waals surface area contributed by atoms with E-state index in [1.54, 1.807) is 10.9 Å². The summed E-state index contributed by atoms with van der Waals surface area (Å²) in [6.45, 7) is 4.71. The van der Waals surface area contributed by atoms with E-state index in [1.165, 1.54) is 4.68 Å².